The van der Waals surface area contributed by atoms with Gasteiger partial charge >= 0.3 is 0 Å². The van der Waals surface area contributed by atoms with E-state index in [0.717, 1.165) is 38.0 Å². The van der Waals surface area contributed by atoms with E-state index in [1.165, 1.54) is 6.07 Å². The zero-order chi connectivity index (χ0) is 16.5. The summed E-state index contributed by atoms with van der Waals surface area (Å²) in [6.07, 6.45) is 2.17. The Hall–Kier alpha value is -1.66. The molecule has 1 saturated heterocycles. The molecule has 5 nitrogen and oxygen atoms in total. The van der Waals surface area contributed by atoms with Crippen molar-refractivity contribution in [3.63, 3.8) is 0 Å². The summed E-state index contributed by atoms with van der Waals surface area (Å²) in [5.41, 5.74) is 6.85. The van der Waals surface area contributed by atoms with Crippen molar-refractivity contribution in [3.8, 4) is 0 Å². The van der Waals surface area contributed by atoms with E-state index < -0.39 is 0 Å². The third kappa shape index (κ3) is 5.80. The van der Waals surface area contributed by atoms with Crippen LogP contribution in [0, 0.1) is 5.82 Å². The molecular weight excluding hydrogens is 295 g/mol. The standard InChI is InChI=1S/C17H27FN4O/c1-2-3-7-20-17(19)21-13-16(22-8-10-23-11-9-22)14-5-4-6-15(18)12-14/h4-6,12,16H,2-3,7-11,13H2,1H3,(H3,19,20,21). The summed E-state index contributed by atoms with van der Waals surface area (Å²) < 4.78 is 19.0. The van der Waals surface area contributed by atoms with Gasteiger partial charge in [-0.25, -0.2) is 4.39 Å². The molecule has 0 aliphatic carbocycles. The lowest BCUT2D eigenvalue weighted by atomic mass is 10.0. The molecule has 0 saturated carbocycles. The minimum absolute atomic E-state index is 0.0149. The van der Waals surface area contributed by atoms with Gasteiger partial charge in [0.05, 0.1) is 25.8 Å². The molecule has 0 amide bonds. The van der Waals surface area contributed by atoms with E-state index in [1.807, 2.05) is 6.07 Å². The number of rotatable bonds is 7. The van der Waals surface area contributed by atoms with Crippen LogP contribution >= 0.6 is 0 Å². The smallest absolute Gasteiger partial charge is 0.188 e. The van der Waals surface area contributed by atoms with Gasteiger partial charge in [-0.1, -0.05) is 25.5 Å². The molecule has 1 aliphatic heterocycles. The van der Waals surface area contributed by atoms with Crippen LogP contribution in [-0.2, 0) is 4.74 Å². The number of ether oxygens (including phenoxy) is 1. The molecule has 0 aromatic heterocycles. The first-order valence-electron chi connectivity index (χ1n) is 8.31. The highest BCUT2D eigenvalue weighted by Crippen LogP contribution is 2.23. The molecule has 1 aromatic carbocycles. The van der Waals surface area contributed by atoms with Crippen LogP contribution in [0.4, 0.5) is 4.39 Å². The van der Waals surface area contributed by atoms with Crippen molar-refractivity contribution in [2.24, 2.45) is 10.7 Å². The third-order valence-corrected chi connectivity index (χ3v) is 3.99. The maximum atomic E-state index is 13.6. The van der Waals surface area contributed by atoms with Crippen molar-refractivity contribution >= 4 is 5.96 Å². The number of nitrogens with two attached hydrogens (primary N) is 1. The van der Waals surface area contributed by atoms with Crippen LogP contribution in [-0.4, -0.2) is 50.3 Å². The molecule has 2 rings (SSSR count). The zero-order valence-electron chi connectivity index (χ0n) is 13.8. The number of nitrogens with one attached hydrogen (secondary N) is 1. The van der Waals surface area contributed by atoms with Crippen molar-refractivity contribution in [2.75, 3.05) is 39.4 Å². The molecule has 1 atom stereocenters. The van der Waals surface area contributed by atoms with Gasteiger partial charge in [0, 0.05) is 19.6 Å². The van der Waals surface area contributed by atoms with Crippen LogP contribution in [0.25, 0.3) is 0 Å². The summed E-state index contributed by atoms with van der Waals surface area (Å²) in [6.45, 7) is 6.50. The quantitative estimate of drug-likeness (QED) is 0.457. The lowest BCUT2D eigenvalue weighted by molar-refractivity contribution is 0.0179. The van der Waals surface area contributed by atoms with Gasteiger partial charge in [-0.05, 0) is 24.1 Å². The zero-order valence-corrected chi connectivity index (χ0v) is 13.8. The van der Waals surface area contributed by atoms with Crippen LogP contribution in [0.15, 0.2) is 29.3 Å². The summed E-state index contributed by atoms with van der Waals surface area (Å²) in [5, 5.41) is 3.12. The van der Waals surface area contributed by atoms with E-state index >= 15 is 0 Å². The van der Waals surface area contributed by atoms with Crippen molar-refractivity contribution in [1.29, 1.82) is 0 Å². The molecule has 6 heteroatoms. The molecular formula is C17H27FN4O. The van der Waals surface area contributed by atoms with Crippen molar-refractivity contribution < 1.29 is 9.13 Å². The minimum Gasteiger partial charge on any atom is -0.379 e. The minimum atomic E-state index is -0.223. The van der Waals surface area contributed by atoms with E-state index in [4.69, 9.17) is 10.5 Å². The normalized spacial score (nSPS) is 17.9. The Morgan fingerprint density at radius 3 is 2.91 bits per heavy atom. The van der Waals surface area contributed by atoms with Gasteiger partial charge in [0.25, 0.3) is 0 Å². The second-order valence-corrected chi connectivity index (χ2v) is 5.73. The Balaban J connectivity index is 2.05. The van der Waals surface area contributed by atoms with Crippen molar-refractivity contribution in [2.45, 2.75) is 25.8 Å². The van der Waals surface area contributed by atoms with Gasteiger partial charge < -0.3 is 15.8 Å². The average molecular weight is 322 g/mol. The maximum Gasteiger partial charge on any atom is 0.188 e. The van der Waals surface area contributed by atoms with E-state index in [0.29, 0.717) is 25.7 Å². The second kappa shape index (κ2) is 9.47. The van der Waals surface area contributed by atoms with Gasteiger partial charge in [-0.15, -0.1) is 0 Å². The molecule has 1 fully saturated rings. The van der Waals surface area contributed by atoms with Gasteiger partial charge in [0.1, 0.15) is 5.82 Å². The number of nitrogens with zero attached hydrogens (tertiary/aromatic N) is 2. The maximum absolute atomic E-state index is 13.6. The molecule has 1 aromatic rings. The second-order valence-electron chi connectivity index (χ2n) is 5.73. The highest BCUT2D eigenvalue weighted by molar-refractivity contribution is 5.77. The van der Waals surface area contributed by atoms with E-state index in [2.05, 4.69) is 22.1 Å². The molecule has 3 N–H and O–H groups in total. The first kappa shape index (κ1) is 17.7. The number of morpholine rings is 1. The van der Waals surface area contributed by atoms with Crippen molar-refractivity contribution in [1.82, 2.24) is 10.2 Å². The van der Waals surface area contributed by atoms with Crippen molar-refractivity contribution in [3.05, 3.63) is 35.6 Å². The van der Waals surface area contributed by atoms with Gasteiger partial charge in [0.15, 0.2) is 5.96 Å². The lowest BCUT2D eigenvalue weighted by Crippen LogP contribution is -2.41. The first-order chi connectivity index (χ1) is 11.2. The molecule has 0 radical (unpaired) electrons. The van der Waals surface area contributed by atoms with Crippen LogP contribution < -0.4 is 11.1 Å². The highest BCUT2D eigenvalue weighted by Gasteiger charge is 2.22. The topological polar surface area (TPSA) is 62.9 Å². The summed E-state index contributed by atoms with van der Waals surface area (Å²) in [6, 6.07) is 6.74. The molecule has 0 bridgehead atoms. The summed E-state index contributed by atoms with van der Waals surface area (Å²) in [5.74, 6) is 0.229. The van der Waals surface area contributed by atoms with Crippen LogP contribution in [0.1, 0.15) is 31.4 Å². The Bertz CT molecular complexity index is 503. The fourth-order valence-corrected chi connectivity index (χ4v) is 2.67. The average Bonchev–Trinajstić information content (AvgIpc) is 2.56. The highest BCUT2D eigenvalue weighted by atomic mass is 19.1. The lowest BCUT2D eigenvalue weighted by Gasteiger charge is -2.34. The monoisotopic (exact) mass is 322 g/mol. The van der Waals surface area contributed by atoms with Gasteiger partial charge in [-0.2, -0.15) is 0 Å². The number of unbranched alkanes of at least 4 members (excludes halogenated alkanes) is 1. The fourth-order valence-electron chi connectivity index (χ4n) is 2.67. The Morgan fingerprint density at radius 1 is 1.43 bits per heavy atom. The molecule has 23 heavy (non-hydrogen) atoms. The molecule has 1 aliphatic rings. The first-order valence-corrected chi connectivity index (χ1v) is 8.31. The molecule has 0 spiro atoms. The predicted molar refractivity (Wildman–Crippen MR) is 90.9 cm³/mol. The largest absolute Gasteiger partial charge is 0.379 e. The number of aliphatic imine (C=N–C) groups is 1. The number of benzene rings is 1. The number of hydrogen-bond acceptors (Lipinski definition) is 3. The van der Waals surface area contributed by atoms with Crippen LogP contribution in [0.2, 0.25) is 0 Å². The Morgan fingerprint density at radius 2 is 2.22 bits per heavy atom. The predicted octanol–water partition coefficient (Wildman–Crippen LogP) is 1.90. The molecule has 1 unspecified atom stereocenters. The van der Waals surface area contributed by atoms with Crippen LogP contribution in [0.5, 0.6) is 0 Å². The third-order valence-electron chi connectivity index (χ3n) is 3.99. The molecule has 1 heterocycles. The molecule has 128 valence electrons. The number of guanidine groups is 1. The van der Waals surface area contributed by atoms with Crippen LogP contribution in [0.3, 0.4) is 0 Å². The number of halogens is 1. The Labute approximate surface area is 137 Å². The summed E-state index contributed by atoms with van der Waals surface area (Å²) in [4.78, 5) is 6.73. The van der Waals surface area contributed by atoms with E-state index in [-0.39, 0.29) is 11.9 Å². The number of hydrogen-bond donors (Lipinski definition) is 2. The summed E-state index contributed by atoms with van der Waals surface area (Å²) >= 11 is 0. The Kier molecular flexibility index (Phi) is 7.29. The fraction of sp³-hybridized carbons (Fsp3) is 0.588. The summed E-state index contributed by atoms with van der Waals surface area (Å²) in [7, 11) is 0. The van der Waals surface area contributed by atoms with Gasteiger partial charge in [0.2, 0.25) is 0 Å². The van der Waals surface area contributed by atoms with E-state index in [1.54, 1.807) is 12.1 Å². The van der Waals surface area contributed by atoms with Gasteiger partial charge in [-0.3, -0.25) is 9.89 Å². The van der Waals surface area contributed by atoms with E-state index in [9.17, 15) is 4.39 Å². The SMILES string of the molecule is CCCCNC(N)=NCC(c1cccc(F)c1)N1CCOCC1.